The van der Waals surface area contributed by atoms with Gasteiger partial charge in [0.1, 0.15) is 5.69 Å². The molecule has 0 spiro atoms. The van der Waals surface area contributed by atoms with Crippen molar-refractivity contribution < 1.29 is 13.3 Å². The first-order valence-electron chi connectivity index (χ1n) is 9.90. The number of rotatable bonds is 5. The van der Waals surface area contributed by atoms with Crippen LogP contribution in [-0.2, 0) is 10.0 Å². The molecule has 0 N–H and O–H groups in total. The van der Waals surface area contributed by atoms with Gasteiger partial charge in [-0.05, 0) is 49.2 Å². The number of sulfonamides is 1. The summed E-state index contributed by atoms with van der Waals surface area (Å²) in [4.78, 5) is 15.6. The lowest BCUT2D eigenvalue weighted by atomic mass is 10.2. The van der Waals surface area contributed by atoms with Gasteiger partial charge in [-0.3, -0.25) is 10.1 Å². The first-order chi connectivity index (χ1) is 14.4. The Morgan fingerprint density at radius 2 is 1.50 bits per heavy atom. The summed E-state index contributed by atoms with van der Waals surface area (Å²) in [6, 6.07) is 11.8. The average Bonchev–Trinajstić information content (AvgIpc) is 3.28. The van der Waals surface area contributed by atoms with E-state index in [1.54, 1.807) is 36.4 Å². The number of nitro groups is 1. The van der Waals surface area contributed by atoms with Gasteiger partial charge in [-0.1, -0.05) is 15.9 Å². The lowest BCUT2D eigenvalue weighted by Crippen LogP contribution is -2.48. The van der Waals surface area contributed by atoms with Crippen molar-refractivity contribution in [3.63, 3.8) is 0 Å². The maximum atomic E-state index is 12.9. The lowest BCUT2D eigenvalue weighted by molar-refractivity contribution is -0.384. The van der Waals surface area contributed by atoms with E-state index < -0.39 is 10.0 Å². The highest BCUT2D eigenvalue weighted by atomic mass is 79.9. The fourth-order valence-corrected chi connectivity index (χ4v) is 5.70. The van der Waals surface area contributed by atoms with Gasteiger partial charge in [0.05, 0.1) is 9.82 Å². The number of benzene rings is 2. The Balaban J connectivity index is 1.50. The van der Waals surface area contributed by atoms with E-state index in [9.17, 15) is 18.5 Å². The first-order valence-corrected chi connectivity index (χ1v) is 12.1. The van der Waals surface area contributed by atoms with Crippen molar-refractivity contribution in [1.82, 2.24) is 4.31 Å². The van der Waals surface area contributed by atoms with Gasteiger partial charge in [-0.2, -0.15) is 4.31 Å². The summed E-state index contributed by atoms with van der Waals surface area (Å²) in [5, 5.41) is 11.5. The van der Waals surface area contributed by atoms with Gasteiger partial charge in [0.15, 0.2) is 0 Å². The Morgan fingerprint density at radius 3 is 2.10 bits per heavy atom. The molecule has 10 heteroatoms. The molecule has 4 rings (SSSR count). The molecule has 0 radical (unpaired) electrons. The van der Waals surface area contributed by atoms with Gasteiger partial charge in [0.2, 0.25) is 10.0 Å². The fraction of sp³-hybridized carbons (Fsp3) is 0.400. The van der Waals surface area contributed by atoms with E-state index >= 15 is 0 Å². The van der Waals surface area contributed by atoms with Crippen LogP contribution < -0.4 is 9.80 Å². The molecule has 0 unspecified atom stereocenters. The SMILES string of the molecule is O=[N+]([O-])c1ccc(N2CCN(S(=O)(=O)c3ccc(Br)cc3)CC2)cc1N1CCCC1. The van der Waals surface area contributed by atoms with Crippen LogP contribution in [-0.4, -0.2) is 56.9 Å². The molecule has 0 aromatic heterocycles. The average molecular weight is 495 g/mol. The topological polar surface area (TPSA) is 87.0 Å². The van der Waals surface area contributed by atoms with Crippen LogP contribution in [0.3, 0.4) is 0 Å². The Labute approximate surface area is 184 Å². The molecule has 0 saturated carbocycles. The molecule has 0 aliphatic carbocycles. The summed E-state index contributed by atoms with van der Waals surface area (Å²) in [7, 11) is -3.54. The van der Waals surface area contributed by atoms with Crippen molar-refractivity contribution in [2.45, 2.75) is 17.7 Å². The van der Waals surface area contributed by atoms with Crippen LogP contribution in [0.5, 0.6) is 0 Å². The maximum absolute atomic E-state index is 12.9. The Kier molecular flexibility index (Phi) is 5.99. The predicted octanol–water partition coefficient (Wildman–Crippen LogP) is 3.47. The molecule has 2 saturated heterocycles. The predicted molar refractivity (Wildman–Crippen MR) is 120 cm³/mol. The molecule has 2 aliphatic heterocycles. The third-order valence-corrected chi connectivity index (χ3v) is 8.10. The minimum atomic E-state index is -3.54. The van der Waals surface area contributed by atoms with Gasteiger partial charge in [0.25, 0.3) is 5.69 Å². The minimum absolute atomic E-state index is 0.122. The molecule has 2 aromatic carbocycles. The van der Waals surface area contributed by atoms with Crippen LogP contribution in [0.4, 0.5) is 17.1 Å². The Hall–Kier alpha value is -2.17. The summed E-state index contributed by atoms with van der Waals surface area (Å²) >= 11 is 3.33. The molecule has 30 heavy (non-hydrogen) atoms. The van der Waals surface area contributed by atoms with Gasteiger partial charge in [0, 0.05) is 55.5 Å². The summed E-state index contributed by atoms with van der Waals surface area (Å²) in [6.07, 6.45) is 2.07. The Morgan fingerprint density at radius 1 is 0.867 bits per heavy atom. The number of anilines is 2. The zero-order chi connectivity index (χ0) is 21.3. The quantitative estimate of drug-likeness (QED) is 0.467. The van der Waals surface area contributed by atoms with Crippen molar-refractivity contribution >= 4 is 43.0 Å². The highest BCUT2D eigenvalue weighted by Crippen LogP contribution is 2.35. The van der Waals surface area contributed by atoms with Crippen LogP contribution in [0.15, 0.2) is 51.8 Å². The second-order valence-corrected chi connectivity index (χ2v) is 10.3. The normalized spacial score (nSPS) is 18.0. The molecule has 0 bridgehead atoms. The van der Waals surface area contributed by atoms with Crippen LogP contribution in [0.25, 0.3) is 0 Å². The molecule has 0 amide bonds. The van der Waals surface area contributed by atoms with E-state index in [2.05, 4.69) is 25.7 Å². The molecular weight excluding hydrogens is 472 g/mol. The van der Waals surface area contributed by atoms with Crippen LogP contribution >= 0.6 is 15.9 Å². The third-order valence-electron chi connectivity index (χ3n) is 5.66. The Bertz CT molecular complexity index is 1030. The molecule has 0 atom stereocenters. The summed E-state index contributed by atoms with van der Waals surface area (Å²) in [5.41, 5.74) is 1.67. The molecule has 2 aliphatic rings. The number of nitro benzene ring substituents is 1. The third kappa shape index (κ3) is 4.17. The number of hydrogen-bond acceptors (Lipinski definition) is 6. The van der Waals surface area contributed by atoms with E-state index in [1.165, 1.54) is 4.31 Å². The van der Waals surface area contributed by atoms with Crippen LogP contribution in [0, 0.1) is 10.1 Å². The second kappa shape index (κ2) is 8.52. The van der Waals surface area contributed by atoms with Gasteiger partial charge >= 0.3 is 0 Å². The molecule has 160 valence electrons. The number of piperazine rings is 1. The van der Waals surface area contributed by atoms with Crippen molar-refractivity contribution in [2.75, 3.05) is 49.1 Å². The van der Waals surface area contributed by atoms with Crippen molar-refractivity contribution in [2.24, 2.45) is 0 Å². The zero-order valence-electron chi connectivity index (χ0n) is 16.4. The number of hydrogen-bond donors (Lipinski definition) is 0. The largest absolute Gasteiger partial charge is 0.369 e. The van der Waals surface area contributed by atoms with Gasteiger partial charge in [-0.15, -0.1) is 0 Å². The fourth-order valence-electron chi connectivity index (χ4n) is 4.02. The minimum Gasteiger partial charge on any atom is -0.369 e. The number of nitrogens with zero attached hydrogens (tertiary/aromatic N) is 4. The standard InChI is InChI=1S/C20H23BrN4O4S/c21-16-3-6-18(7-4-16)30(28,29)24-13-11-22(12-14-24)17-5-8-19(25(26)27)20(15-17)23-9-1-2-10-23/h3-8,15H,1-2,9-14H2. The molecule has 2 fully saturated rings. The summed E-state index contributed by atoms with van der Waals surface area (Å²) in [6.45, 7) is 3.45. The lowest BCUT2D eigenvalue weighted by Gasteiger charge is -2.35. The van der Waals surface area contributed by atoms with E-state index in [0.717, 1.165) is 36.1 Å². The van der Waals surface area contributed by atoms with Crippen LogP contribution in [0.2, 0.25) is 0 Å². The van der Waals surface area contributed by atoms with Gasteiger partial charge < -0.3 is 9.80 Å². The number of halogens is 1. The monoisotopic (exact) mass is 494 g/mol. The van der Waals surface area contributed by atoms with Gasteiger partial charge in [-0.25, -0.2) is 8.42 Å². The van der Waals surface area contributed by atoms with Crippen molar-refractivity contribution in [3.05, 3.63) is 57.1 Å². The van der Waals surface area contributed by atoms with Crippen molar-refractivity contribution in [3.8, 4) is 0 Å². The second-order valence-electron chi connectivity index (χ2n) is 7.47. The smallest absolute Gasteiger partial charge is 0.292 e. The molecule has 2 aromatic rings. The molecule has 2 heterocycles. The first kappa shape index (κ1) is 21.1. The van der Waals surface area contributed by atoms with Crippen molar-refractivity contribution in [1.29, 1.82) is 0 Å². The highest BCUT2D eigenvalue weighted by Gasteiger charge is 2.30. The highest BCUT2D eigenvalue weighted by molar-refractivity contribution is 9.10. The zero-order valence-corrected chi connectivity index (χ0v) is 18.8. The van der Waals surface area contributed by atoms with E-state index in [4.69, 9.17) is 0 Å². The van der Waals surface area contributed by atoms with Crippen LogP contribution in [0.1, 0.15) is 12.8 Å². The summed E-state index contributed by atoms with van der Waals surface area (Å²) in [5.74, 6) is 0. The molecule has 8 nitrogen and oxygen atoms in total. The summed E-state index contributed by atoms with van der Waals surface area (Å²) < 4.78 is 28.1. The van der Waals surface area contributed by atoms with E-state index in [-0.39, 0.29) is 15.5 Å². The maximum Gasteiger partial charge on any atom is 0.292 e. The van der Waals surface area contributed by atoms with E-state index in [0.29, 0.717) is 31.9 Å². The van der Waals surface area contributed by atoms with E-state index in [1.807, 2.05) is 6.07 Å². The molecular formula is C20H23BrN4O4S.